The molecule has 4 rings (SSSR count). The Morgan fingerprint density at radius 1 is 1.12 bits per heavy atom. The van der Waals surface area contributed by atoms with Gasteiger partial charge in [0.1, 0.15) is 6.61 Å². The predicted octanol–water partition coefficient (Wildman–Crippen LogP) is 4.92. The fraction of sp³-hybridized carbons (Fsp3) is 0.304. The second-order valence-electron chi connectivity index (χ2n) is 7.14. The largest absolute Gasteiger partial charge is 0.490 e. The first-order chi connectivity index (χ1) is 16.1. The molecule has 0 aliphatic rings. The molecule has 0 fully saturated rings. The van der Waals surface area contributed by atoms with Crippen LogP contribution in [0.1, 0.15) is 25.2 Å². The summed E-state index contributed by atoms with van der Waals surface area (Å²) in [6.07, 6.45) is 0. The summed E-state index contributed by atoms with van der Waals surface area (Å²) in [6, 6.07) is 13.6. The first-order valence-corrected chi connectivity index (χ1v) is 12.4. The van der Waals surface area contributed by atoms with Gasteiger partial charge < -0.3 is 19.4 Å². The van der Waals surface area contributed by atoms with Gasteiger partial charge in [0.15, 0.2) is 27.6 Å². The van der Waals surface area contributed by atoms with Gasteiger partial charge in [0.2, 0.25) is 5.91 Å². The fourth-order valence-corrected chi connectivity index (χ4v) is 4.91. The first kappa shape index (κ1) is 23.1. The van der Waals surface area contributed by atoms with Gasteiger partial charge in [0.05, 0.1) is 22.6 Å². The Labute approximate surface area is 200 Å². The van der Waals surface area contributed by atoms with Gasteiger partial charge >= 0.3 is 0 Å². The van der Waals surface area contributed by atoms with Crippen molar-refractivity contribution in [2.45, 2.75) is 39.1 Å². The van der Waals surface area contributed by atoms with Gasteiger partial charge in [0, 0.05) is 6.54 Å². The van der Waals surface area contributed by atoms with Crippen molar-refractivity contribution in [3.05, 3.63) is 53.9 Å². The quantitative estimate of drug-likeness (QED) is 0.320. The molecule has 0 spiro atoms. The average Bonchev–Trinajstić information content (AvgIpc) is 3.40. The van der Waals surface area contributed by atoms with Crippen molar-refractivity contribution in [2.24, 2.45) is 0 Å². The van der Waals surface area contributed by atoms with E-state index in [-0.39, 0.29) is 18.3 Å². The second-order valence-corrected chi connectivity index (χ2v) is 9.11. The minimum absolute atomic E-state index is 0.136. The molecule has 1 amide bonds. The van der Waals surface area contributed by atoms with Crippen molar-refractivity contribution >= 4 is 44.4 Å². The van der Waals surface area contributed by atoms with Gasteiger partial charge in [-0.2, -0.15) is 0 Å². The Morgan fingerprint density at radius 3 is 2.76 bits per heavy atom. The molecule has 0 radical (unpaired) electrons. The monoisotopic (exact) mass is 483 g/mol. The molecule has 0 atom stereocenters. The molecule has 8 nitrogen and oxygen atoms in total. The number of thiazole rings is 1. The third kappa shape index (κ3) is 5.63. The van der Waals surface area contributed by atoms with E-state index in [2.05, 4.69) is 20.5 Å². The minimum Gasteiger partial charge on any atom is -0.490 e. The molecule has 1 N–H and O–H groups in total. The number of rotatable bonds is 10. The van der Waals surface area contributed by atoms with Crippen molar-refractivity contribution < 1.29 is 14.3 Å². The van der Waals surface area contributed by atoms with Crippen LogP contribution in [0.15, 0.2) is 47.6 Å². The van der Waals surface area contributed by atoms with E-state index in [1.165, 1.54) is 23.1 Å². The molecule has 2 heterocycles. The van der Waals surface area contributed by atoms with Crippen LogP contribution in [-0.2, 0) is 17.9 Å². The molecule has 2 aromatic carbocycles. The standard InChI is InChI=1S/C23H25N5O3S2/c1-4-28-20(13-31-17-11-10-15(3)12-18(17)30-5-2)26-27-23(28)32-14-21(29)25-22-24-16-8-6-7-9-19(16)33-22/h6-12H,4-5,13-14H2,1-3H3,(H,24,25,29). The summed E-state index contributed by atoms with van der Waals surface area (Å²) in [6.45, 7) is 7.44. The maximum absolute atomic E-state index is 12.4. The highest BCUT2D eigenvalue weighted by molar-refractivity contribution is 7.99. The number of fused-ring (bicyclic) bond motifs is 1. The van der Waals surface area contributed by atoms with Crippen molar-refractivity contribution in [1.29, 1.82) is 0 Å². The molecule has 0 aliphatic heterocycles. The zero-order chi connectivity index (χ0) is 23.2. The Hall–Kier alpha value is -3.11. The van der Waals surface area contributed by atoms with Crippen molar-refractivity contribution in [2.75, 3.05) is 17.7 Å². The normalized spacial score (nSPS) is 11.0. The van der Waals surface area contributed by atoms with E-state index in [9.17, 15) is 4.79 Å². The highest BCUT2D eigenvalue weighted by Gasteiger charge is 2.15. The number of thioether (sulfide) groups is 1. The van der Waals surface area contributed by atoms with E-state index in [0.29, 0.717) is 40.8 Å². The molecule has 172 valence electrons. The van der Waals surface area contributed by atoms with Crippen LogP contribution in [-0.4, -0.2) is 38.0 Å². The highest BCUT2D eigenvalue weighted by Crippen LogP contribution is 2.29. The Kier molecular flexibility index (Phi) is 7.46. The van der Waals surface area contributed by atoms with Crippen LogP contribution in [0.4, 0.5) is 5.13 Å². The predicted molar refractivity (Wildman–Crippen MR) is 131 cm³/mol. The topological polar surface area (TPSA) is 91.2 Å². The summed E-state index contributed by atoms with van der Waals surface area (Å²) >= 11 is 2.79. The van der Waals surface area contributed by atoms with Gasteiger partial charge in [-0.25, -0.2) is 4.98 Å². The number of benzene rings is 2. The van der Waals surface area contributed by atoms with E-state index in [0.717, 1.165) is 15.8 Å². The Balaban J connectivity index is 1.37. The highest BCUT2D eigenvalue weighted by atomic mass is 32.2. The van der Waals surface area contributed by atoms with Crippen LogP contribution in [0, 0.1) is 6.92 Å². The van der Waals surface area contributed by atoms with E-state index in [4.69, 9.17) is 9.47 Å². The summed E-state index contributed by atoms with van der Waals surface area (Å²) in [4.78, 5) is 16.9. The van der Waals surface area contributed by atoms with E-state index in [1.54, 1.807) is 0 Å². The summed E-state index contributed by atoms with van der Waals surface area (Å²) < 4.78 is 14.6. The number of carbonyl (C=O) groups is 1. The Morgan fingerprint density at radius 2 is 1.97 bits per heavy atom. The van der Waals surface area contributed by atoms with Gasteiger partial charge in [0.25, 0.3) is 0 Å². The molecule has 0 saturated heterocycles. The maximum Gasteiger partial charge on any atom is 0.236 e. The summed E-state index contributed by atoms with van der Waals surface area (Å²) in [5.41, 5.74) is 1.98. The van der Waals surface area contributed by atoms with Crippen molar-refractivity contribution in [1.82, 2.24) is 19.7 Å². The van der Waals surface area contributed by atoms with E-state index >= 15 is 0 Å². The number of aromatic nitrogens is 4. The molecule has 0 bridgehead atoms. The van der Waals surface area contributed by atoms with Crippen LogP contribution in [0.5, 0.6) is 11.5 Å². The molecule has 0 saturated carbocycles. The SMILES string of the molecule is CCOc1cc(C)ccc1OCc1nnc(SCC(=O)Nc2nc3ccccc3s2)n1CC. The molecule has 4 aromatic rings. The van der Waals surface area contributed by atoms with Crippen LogP contribution >= 0.6 is 23.1 Å². The van der Waals surface area contributed by atoms with Gasteiger partial charge in [-0.1, -0.05) is 41.3 Å². The number of ether oxygens (including phenoxy) is 2. The summed E-state index contributed by atoms with van der Waals surface area (Å²) in [5.74, 6) is 2.14. The third-order valence-electron chi connectivity index (χ3n) is 4.74. The molecule has 0 aliphatic carbocycles. The molecular weight excluding hydrogens is 458 g/mol. The maximum atomic E-state index is 12.4. The lowest BCUT2D eigenvalue weighted by atomic mass is 10.2. The van der Waals surface area contributed by atoms with Gasteiger partial charge in [-0.3, -0.25) is 4.79 Å². The number of nitrogens with one attached hydrogen (secondary N) is 1. The van der Waals surface area contributed by atoms with Gasteiger partial charge in [-0.05, 0) is 50.6 Å². The zero-order valence-corrected chi connectivity index (χ0v) is 20.3. The third-order valence-corrected chi connectivity index (χ3v) is 6.66. The number of anilines is 1. The minimum atomic E-state index is -0.136. The number of nitrogens with zero attached hydrogens (tertiary/aromatic N) is 4. The number of hydrogen-bond acceptors (Lipinski definition) is 8. The number of amides is 1. The van der Waals surface area contributed by atoms with Crippen LogP contribution in [0.25, 0.3) is 10.2 Å². The van der Waals surface area contributed by atoms with E-state index < -0.39 is 0 Å². The molecule has 10 heteroatoms. The Bertz CT molecular complexity index is 1220. The lowest BCUT2D eigenvalue weighted by molar-refractivity contribution is -0.113. The molecule has 0 unspecified atom stereocenters. The summed E-state index contributed by atoms with van der Waals surface area (Å²) in [7, 11) is 0. The average molecular weight is 484 g/mol. The molecular formula is C23H25N5O3S2. The van der Waals surface area contributed by atoms with Crippen molar-refractivity contribution in [3.8, 4) is 11.5 Å². The van der Waals surface area contributed by atoms with E-state index in [1.807, 2.05) is 67.8 Å². The van der Waals surface area contributed by atoms with Crippen LogP contribution < -0.4 is 14.8 Å². The molecule has 2 aromatic heterocycles. The fourth-order valence-electron chi connectivity index (χ4n) is 3.21. The van der Waals surface area contributed by atoms with Crippen molar-refractivity contribution in [3.63, 3.8) is 0 Å². The number of aryl methyl sites for hydroxylation is 1. The second kappa shape index (κ2) is 10.7. The first-order valence-electron chi connectivity index (χ1n) is 10.6. The number of carbonyl (C=O) groups excluding carboxylic acids is 1. The lowest BCUT2D eigenvalue weighted by Crippen LogP contribution is -2.14. The smallest absolute Gasteiger partial charge is 0.236 e. The van der Waals surface area contributed by atoms with Crippen LogP contribution in [0.2, 0.25) is 0 Å². The zero-order valence-electron chi connectivity index (χ0n) is 18.7. The number of hydrogen-bond donors (Lipinski definition) is 1. The van der Waals surface area contributed by atoms with Crippen LogP contribution in [0.3, 0.4) is 0 Å². The number of para-hydroxylation sites is 1. The lowest BCUT2D eigenvalue weighted by Gasteiger charge is -2.13. The summed E-state index contributed by atoms with van der Waals surface area (Å²) in [5, 5.41) is 12.7. The molecule has 33 heavy (non-hydrogen) atoms. The van der Waals surface area contributed by atoms with Gasteiger partial charge in [-0.15, -0.1) is 10.2 Å².